The molecule has 1 atom stereocenters. The van der Waals surface area contributed by atoms with Crippen LogP contribution >= 0.6 is 11.6 Å². The molecule has 5 heteroatoms. The molecule has 0 aliphatic rings. The minimum absolute atomic E-state index is 0.221. The fourth-order valence-corrected chi connectivity index (χ4v) is 1.34. The number of hydrogen-bond donors (Lipinski definition) is 2. The second kappa shape index (κ2) is 5.61. The molecule has 16 heavy (non-hydrogen) atoms. The van der Waals surface area contributed by atoms with Crippen molar-refractivity contribution in [3.05, 3.63) is 23.2 Å². The molecule has 4 nitrogen and oxygen atoms in total. The largest absolute Gasteiger partial charge is 0.495 e. The number of carbonyl (C=O) groups is 1. The lowest BCUT2D eigenvalue weighted by molar-refractivity contribution is -0.120. The van der Waals surface area contributed by atoms with Crippen molar-refractivity contribution in [3.63, 3.8) is 0 Å². The van der Waals surface area contributed by atoms with E-state index in [0.29, 0.717) is 17.3 Å². The normalized spacial score (nSPS) is 11.9. The van der Waals surface area contributed by atoms with Crippen LogP contribution in [0.5, 0.6) is 5.75 Å². The minimum Gasteiger partial charge on any atom is -0.495 e. The highest BCUT2D eigenvalue weighted by Crippen LogP contribution is 2.27. The first kappa shape index (κ1) is 12.6. The Bertz CT molecular complexity index is 382. The lowest BCUT2D eigenvalue weighted by Gasteiger charge is -2.11. The zero-order chi connectivity index (χ0) is 12.1. The van der Waals surface area contributed by atoms with E-state index in [9.17, 15) is 4.79 Å². The van der Waals surface area contributed by atoms with Crippen molar-refractivity contribution in [2.24, 2.45) is 11.7 Å². The van der Waals surface area contributed by atoms with E-state index in [1.165, 1.54) is 0 Å². The molecule has 88 valence electrons. The number of anilines is 1. The molecule has 3 N–H and O–H groups in total. The summed E-state index contributed by atoms with van der Waals surface area (Å²) < 4.78 is 5.08. The Morgan fingerprint density at radius 2 is 2.31 bits per heavy atom. The van der Waals surface area contributed by atoms with Crippen LogP contribution in [-0.2, 0) is 4.79 Å². The number of ether oxygens (including phenoxy) is 1. The lowest BCUT2D eigenvalue weighted by Crippen LogP contribution is -2.26. The van der Waals surface area contributed by atoms with Crippen molar-refractivity contribution in [1.82, 2.24) is 0 Å². The van der Waals surface area contributed by atoms with Gasteiger partial charge in [0.1, 0.15) is 5.75 Å². The summed E-state index contributed by atoms with van der Waals surface area (Å²) in [5, 5.41) is 3.64. The zero-order valence-corrected chi connectivity index (χ0v) is 10.0. The van der Waals surface area contributed by atoms with E-state index in [-0.39, 0.29) is 11.8 Å². The third kappa shape index (κ3) is 3.31. The minimum atomic E-state index is -0.326. The Morgan fingerprint density at radius 3 is 2.88 bits per heavy atom. The van der Waals surface area contributed by atoms with Gasteiger partial charge in [0.05, 0.1) is 18.1 Å². The third-order valence-electron chi connectivity index (χ3n) is 2.25. The monoisotopic (exact) mass is 242 g/mol. The molecule has 0 bridgehead atoms. The first-order valence-corrected chi connectivity index (χ1v) is 5.29. The van der Waals surface area contributed by atoms with Gasteiger partial charge in [-0.25, -0.2) is 0 Å². The number of methoxy groups -OCH3 is 1. The van der Waals surface area contributed by atoms with Crippen LogP contribution in [0.15, 0.2) is 18.2 Å². The topological polar surface area (TPSA) is 64.3 Å². The third-order valence-corrected chi connectivity index (χ3v) is 2.56. The van der Waals surface area contributed by atoms with Crippen molar-refractivity contribution in [2.75, 3.05) is 19.0 Å². The summed E-state index contributed by atoms with van der Waals surface area (Å²) in [6.07, 6.45) is 0. The first-order valence-electron chi connectivity index (χ1n) is 4.91. The molecule has 1 amide bonds. The molecule has 0 aromatic heterocycles. The number of rotatable bonds is 5. The van der Waals surface area contributed by atoms with E-state index in [4.69, 9.17) is 22.1 Å². The summed E-state index contributed by atoms with van der Waals surface area (Å²) in [6.45, 7) is 2.25. The molecule has 0 saturated carbocycles. The molecule has 1 unspecified atom stereocenters. The maximum absolute atomic E-state index is 10.8. The van der Waals surface area contributed by atoms with E-state index in [1.807, 2.05) is 6.07 Å². The van der Waals surface area contributed by atoms with Gasteiger partial charge in [0.15, 0.2) is 0 Å². The van der Waals surface area contributed by atoms with Gasteiger partial charge in [-0.05, 0) is 12.1 Å². The Balaban J connectivity index is 2.64. The van der Waals surface area contributed by atoms with Crippen molar-refractivity contribution in [2.45, 2.75) is 6.92 Å². The van der Waals surface area contributed by atoms with Crippen LogP contribution < -0.4 is 15.8 Å². The highest BCUT2D eigenvalue weighted by Gasteiger charge is 2.08. The first-order chi connectivity index (χ1) is 7.54. The van der Waals surface area contributed by atoms with Crippen LogP contribution in [0.2, 0.25) is 5.02 Å². The highest BCUT2D eigenvalue weighted by molar-refractivity contribution is 6.32. The van der Waals surface area contributed by atoms with Crippen LogP contribution in [0.1, 0.15) is 6.92 Å². The van der Waals surface area contributed by atoms with E-state index < -0.39 is 0 Å². The van der Waals surface area contributed by atoms with Gasteiger partial charge in [0.2, 0.25) is 5.91 Å². The summed E-state index contributed by atoms with van der Waals surface area (Å²) in [6, 6.07) is 5.33. The fraction of sp³-hybridized carbons (Fsp3) is 0.364. The van der Waals surface area contributed by atoms with Crippen LogP contribution in [0.25, 0.3) is 0 Å². The van der Waals surface area contributed by atoms with Crippen molar-refractivity contribution in [1.29, 1.82) is 0 Å². The van der Waals surface area contributed by atoms with E-state index in [1.54, 1.807) is 26.2 Å². The molecule has 1 rings (SSSR count). The smallest absolute Gasteiger partial charge is 0.222 e. The Labute approximate surface area is 99.7 Å². The molecule has 1 aromatic rings. The van der Waals surface area contributed by atoms with E-state index >= 15 is 0 Å². The fourth-order valence-electron chi connectivity index (χ4n) is 1.14. The lowest BCUT2D eigenvalue weighted by atomic mass is 10.1. The maximum Gasteiger partial charge on any atom is 0.222 e. The summed E-state index contributed by atoms with van der Waals surface area (Å²) >= 11 is 5.88. The van der Waals surface area contributed by atoms with Crippen molar-refractivity contribution >= 4 is 23.2 Å². The maximum atomic E-state index is 10.8. The second-order valence-electron chi connectivity index (χ2n) is 3.53. The number of nitrogens with two attached hydrogens (primary N) is 1. The van der Waals surface area contributed by atoms with Gasteiger partial charge in [-0.2, -0.15) is 0 Å². The van der Waals surface area contributed by atoms with Crippen LogP contribution in [0, 0.1) is 5.92 Å². The molecule has 0 aliphatic carbocycles. The van der Waals surface area contributed by atoms with Gasteiger partial charge in [-0.3, -0.25) is 4.79 Å². The summed E-state index contributed by atoms with van der Waals surface area (Å²) in [5.74, 6) is 0.0495. The molecule has 0 heterocycles. The van der Waals surface area contributed by atoms with Crippen molar-refractivity contribution in [3.8, 4) is 5.75 Å². The molecule has 1 aromatic carbocycles. The van der Waals surface area contributed by atoms with Crippen LogP contribution in [-0.4, -0.2) is 19.6 Å². The predicted octanol–water partition coefficient (Wildman–Crippen LogP) is 1.88. The van der Waals surface area contributed by atoms with Crippen molar-refractivity contribution < 1.29 is 9.53 Å². The molecule has 0 saturated heterocycles. The molecule has 0 spiro atoms. The van der Waals surface area contributed by atoms with Crippen LogP contribution in [0.4, 0.5) is 5.69 Å². The van der Waals surface area contributed by atoms with Gasteiger partial charge in [0, 0.05) is 18.3 Å². The molecule has 0 radical (unpaired) electrons. The molecular formula is C11H15ClN2O2. The number of nitrogens with one attached hydrogen (secondary N) is 1. The van der Waals surface area contributed by atoms with Gasteiger partial charge in [0.25, 0.3) is 0 Å². The summed E-state index contributed by atoms with van der Waals surface area (Å²) in [5.41, 5.74) is 6.00. The summed E-state index contributed by atoms with van der Waals surface area (Å²) in [4.78, 5) is 10.8. The number of hydrogen-bond acceptors (Lipinski definition) is 3. The average molecular weight is 243 g/mol. The van der Waals surface area contributed by atoms with Gasteiger partial charge >= 0.3 is 0 Å². The number of benzene rings is 1. The molecule has 0 aliphatic heterocycles. The zero-order valence-electron chi connectivity index (χ0n) is 9.29. The number of carbonyl (C=O) groups excluding carboxylic acids is 1. The number of primary amides is 1. The predicted molar refractivity (Wildman–Crippen MR) is 64.9 cm³/mol. The SMILES string of the molecule is COc1cc(NCC(C)C(N)=O)ccc1Cl. The van der Waals surface area contributed by atoms with E-state index in [0.717, 1.165) is 5.69 Å². The Morgan fingerprint density at radius 1 is 1.62 bits per heavy atom. The number of amides is 1. The molecule has 0 fully saturated rings. The Hall–Kier alpha value is -1.42. The van der Waals surface area contributed by atoms with Gasteiger partial charge in [-0.1, -0.05) is 18.5 Å². The second-order valence-corrected chi connectivity index (χ2v) is 3.94. The average Bonchev–Trinajstić information content (AvgIpc) is 2.27. The standard InChI is InChI=1S/C11H15ClN2O2/c1-7(11(13)15)6-14-8-3-4-9(12)10(5-8)16-2/h3-5,7,14H,6H2,1-2H3,(H2,13,15). The highest BCUT2D eigenvalue weighted by atomic mass is 35.5. The van der Waals surface area contributed by atoms with Gasteiger partial charge < -0.3 is 15.8 Å². The Kier molecular flexibility index (Phi) is 4.43. The van der Waals surface area contributed by atoms with Gasteiger partial charge in [-0.15, -0.1) is 0 Å². The molecular weight excluding hydrogens is 228 g/mol. The van der Waals surface area contributed by atoms with E-state index in [2.05, 4.69) is 5.32 Å². The van der Waals surface area contributed by atoms with Crippen LogP contribution in [0.3, 0.4) is 0 Å². The number of halogens is 1. The summed E-state index contributed by atoms with van der Waals surface area (Å²) in [7, 11) is 1.55. The quantitative estimate of drug-likeness (QED) is 0.829.